The van der Waals surface area contributed by atoms with Crippen LogP contribution in [0.1, 0.15) is 40.7 Å². The van der Waals surface area contributed by atoms with E-state index in [2.05, 4.69) is 10.4 Å². The van der Waals surface area contributed by atoms with Crippen molar-refractivity contribution in [3.63, 3.8) is 0 Å². The van der Waals surface area contributed by atoms with Gasteiger partial charge in [0.2, 0.25) is 11.8 Å². The lowest BCUT2D eigenvalue weighted by molar-refractivity contribution is -0.138. The van der Waals surface area contributed by atoms with Gasteiger partial charge in [-0.2, -0.15) is 5.10 Å². The van der Waals surface area contributed by atoms with Crippen molar-refractivity contribution in [2.24, 2.45) is 0 Å². The van der Waals surface area contributed by atoms with Crippen LogP contribution in [-0.2, 0) is 27.5 Å². The maximum absolute atomic E-state index is 13.4. The first-order chi connectivity index (χ1) is 20.2. The summed E-state index contributed by atoms with van der Waals surface area (Å²) in [5.74, 6) is 0.762. The van der Waals surface area contributed by atoms with Crippen LogP contribution in [0.5, 0.6) is 17.2 Å². The summed E-state index contributed by atoms with van der Waals surface area (Å²) < 4.78 is 19.8. The highest BCUT2D eigenvalue weighted by atomic mass is 16.5. The molecule has 3 amide bonds. The fraction of sp³-hybridized carbons (Fsp3) is 0.419. The third-order valence-corrected chi connectivity index (χ3v) is 7.40. The number of hydrogen-bond acceptors (Lipinski definition) is 7. The van der Waals surface area contributed by atoms with Crippen LogP contribution in [0.3, 0.4) is 0 Å². The van der Waals surface area contributed by atoms with Crippen molar-refractivity contribution in [2.75, 3.05) is 33.3 Å². The summed E-state index contributed by atoms with van der Waals surface area (Å²) in [6.07, 6.45) is 0.218. The van der Waals surface area contributed by atoms with E-state index in [0.717, 1.165) is 17.0 Å². The molecule has 2 aliphatic heterocycles. The minimum Gasteiger partial charge on any atom is -0.494 e. The van der Waals surface area contributed by atoms with Gasteiger partial charge in [0.15, 0.2) is 0 Å². The third kappa shape index (κ3) is 6.91. The first-order valence-corrected chi connectivity index (χ1v) is 14.2. The molecule has 0 radical (unpaired) electrons. The number of nitrogens with zero attached hydrogens (tertiary/aromatic N) is 4. The molecule has 1 fully saturated rings. The quantitative estimate of drug-likeness (QED) is 0.509. The summed E-state index contributed by atoms with van der Waals surface area (Å²) >= 11 is 0. The van der Waals surface area contributed by atoms with E-state index in [0.29, 0.717) is 49.0 Å². The number of ether oxygens (including phenoxy) is 3. The van der Waals surface area contributed by atoms with Gasteiger partial charge in [0, 0.05) is 37.5 Å². The van der Waals surface area contributed by atoms with Crippen molar-refractivity contribution in [3.8, 4) is 17.2 Å². The van der Waals surface area contributed by atoms with Crippen molar-refractivity contribution in [1.29, 1.82) is 0 Å². The lowest BCUT2D eigenvalue weighted by atomic mass is 10.0. The number of aromatic nitrogens is 2. The molecule has 0 unspecified atom stereocenters. The molecule has 0 spiro atoms. The van der Waals surface area contributed by atoms with Crippen molar-refractivity contribution in [2.45, 2.75) is 52.5 Å². The molecule has 11 nitrogen and oxygen atoms in total. The van der Waals surface area contributed by atoms with Crippen LogP contribution in [0.25, 0.3) is 0 Å². The fourth-order valence-electron chi connectivity index (χ4n) is 5.36. The molecule has 4 bridgehead atoms. The zero-order chi connectivity index (χ0) is 29.8. The van der Waals surface area contributed by atoms with Gasteiger partial charge in [0.05, 0.1) is 37.6 Å². The minimum atomic E-state index is -0.459. The molecular formula is C31H37N5O6. The van der Waals surface area contributed by atoms with Crippen LogP contribution in [0.2, 0.25) is 0 Å². The Labute approximate surface area is 245 Å². The summed E-state index contributed by atoms with van der Waals surface area (Å²) in [6.45, 7) is 7.13. The van der Waals surface area contributed by atoms with Gasteiger partial charge in [-0.1, -0.05) is 12.1 Å². The largest absolute Gasteiger partial charge is 0.494 e. The number of amides is 3. The lowest BCUT2D eigenvalue weighted by Gasteiger charge is -2.39. The molecule has 0 aliphatic carbocycles. The van der Waals surface area contributed by atoms with Gasteiger partial charge in [-0.05, 0) is 63.1 Å². The standard InChI is InChI=1S/C31H37N5O6/c1-5-40-25-13-23-14-26(15-25)42-24-8-6-7-22(12-24)19-41-28-9-10-35(30(38)18-36-21(3)11-20(2)33-36)16-27(28)32-29(37)17-34(4)31(23)39/h6-8,11-15,27-28H,5,9-10,16-19H2,1-4H3,(H,32,37)/t27-,28+/m0/s1. The Kier molecular flexibility index (Phi) is 8.77. The van der Waals surface area contributed by atoms with Gasteiger partial charge >= 0.3 is 0 Å². The van der Waals surface area contributed by atoms with Gasteiger partial charge in [0.1, 0.15) is 23.8 Å². The van der Waals surface area contributed by atoms with Crippen LogP contribution in [-0.4, -0.2) is 82.7 Å². The van der Waals surface area contributed by atoms with E-state index >= 15 is 0 Å². The number of carbonyl (C=O) groups excluding carboxylic acids is 3. The lowest BCUT2D eigenvalue weighted by Crippen LogP contribution is -2.58. The predicted octanol–water partition coefficient (Wildman–Crippen LogP) is 3.08. The molecule has 2 aliphatic rings. The van der Waals surface area contributed by atoms with E-state index in [-0.39, 0.29) is 43.5 Å². The van der Waals surface area contributed by atoms with E-state index in [4.69, 9.17) is 14.2 Å². The van der Waals surface area contributed by atoms with E-state index in [1.54, 1.807) is 34.8 Å². The summed E-state index contributed by atoms with van der Waals surface area (Å²) in [5, 5.41) is 7.45. The van der Waals surface area contributed by atoms with E-state index in [9.17, 15) is 14.4 Å². The number of benzene rings is 2. The van der Waals surface area contributed by atoms with Crippen molar-refractivity contribution in [1.82, 2.24) is 24.9 Å². The van der Waals surface area contributed by atoms with Crippen LogP contribution < -0.4 is 14.8 Å². The van der Waals surface area contributed by atoms with E-state index in [1.807, 2.05) is 51.1 Å². The molecule has 5 rings (SSSR count). The van der Waals surface area contributed by atoms with Crippen LogP contribution in [0.15, 0.2) is 48.5 Å². The molecule has 3 heterocycles. The highest BCUT2D eigenvalue weighted by molar-refractivity contribution is 5.97. The van der Waals surface area contributed by atoms with E-state index < -0.39 is 6.04 Å². The number of piperidine rings is 1. The molecule has 11 heteroatoms. The first kappa shape index (κ1) is 29.1. The molecule has 222 valence electrons. The number of nitrogens with one attached hydrogen (secondary N) is 1. The number of likely N-dealkylation sites (tertiary alicyclic amines) is 1. The van der Waals surface area contributed by atoms with Gasteiger partial charge in [0.25, 0.3) is 5.91 Å². The Balaban J connectivity index is 1.39. The maximum Gasteiger partial charge on any atom is 0.254 e. The van der Waals surface area contributed by atoms with Gasteiger partial charge in [-0.15, -0.1) is 0 Å². The molecule has 1 aromatic heterocycles. The zero-order valence-corrected chi connectivity index (χ0v) is 24.5. The average Bonchev–Trinajstić information content (AvgIpc) is 3.27. The fourth-order valence-corrected chi connectivity index (χ4v) is 5.36. The Morgan fingerprint density at radius 2 is 1.95 bits per heavy atom. The molecule has 2 aromatic carbocycles. The van der Waals surface area contributed by atoms with Gasteiger partial charge < -0.3 is 29.3 Å². The maximum atomic E-state index is 13.4. The topological polar surface area (TPSA) is 115 Å². The van der Waals surface area contributed by atoms with Crippen LogP contribution in [0.4, 0.5) is 0 Å². The average molecular weight is 576 g/mol. The second-order valence-corrected chi connectivity index (χ2v) is 10.8. The Hall–Kier alpha value is -4.38. The predicted molar refractivity (Wildman–Crippen MR) is 154 cm³/mol. The number of aryl methyl sites for hydroxylation is 2. The number of rotatable bonds is 4. The summed E-state index contributed by atoms with van der Waals surface area (Å²) in [6, 6.07) is 14.0. The molecule has 0 saturated carbocycles. The number of fused-ring (bicyclic) bond motifs is 5. The van der Waals surface area contributed by atoms with Crippen molar-refractivity contribution >= 4 is 17.7 Å². The molecule has 3 aromatic rings. The SMILES string of the molecule is CCOc1cc2cc(c1)C(=O)N(C)CC(=O)N[C@H]1CN(C(=O)Cn3nc(C)cc3C)CC[C@H]1OCc1cccc(c1)O2. The molecular weight excluding hydrogens is 538 g/mol. The first-order valence-electron chi connectivity index (χ1n) is 14.2. The second-order valence-electron chi connectivity index (χ2n) is 10.8. The van der Waals surface area contributed by atoms with Gasteiger partial charge in [-0.3, -0.25) is 19.1 Å². The molecule has 1 saturated heterocycles. The highest BCUT2D eigenvalue weighted by Crippen LogP contribution is 2.29. The van der Waals surface area contributed by atoms with E-state index in [1.165, 1.54) is 4.90 Å². The minimum absolute atomic E-state index is 0.0804. The van der Waals surface area contributed by atoms with Crippen molar-refractivity contribution < 1.29 is 28.6 Å². The van der Waals surface area contributed by atoms with Gasteiger partial charge in [-0.25, -0.2) is 0 Å². The monoisotopic (exact) mass is 575 g/mol. The van der Waals surface area contributed by atoms with Crippen molar-refractivity contribution in [3.05, 3.63) is 71.0 Å². The number of hydrogen-bond donors (Lipinski definition) is 1. The summed E-state index contributed by atoms with van der Waals surface area (Å²) in [4.78, 5) is 42.9. The third-order valence-electron chi connectivity index (χ3n) is 7.40. The molecule has 1 N–H and O–H groups in total. The summed E-state index contributed by atoms with van der Waals surface area (Å²) in [5.41, 5.74) is 3.00. The van der Waals surface area contributed by atoms with Crippen LogP contribution >= 0.6 is 0 Å². The zero-order valence-electron chi connectivity index (χ0n) is 24.5. The normalized spacial score (nSPS) is 19.5. The number of likely N-dealkylation sites (N-methyl/N-ethyl adjacent to an activating group) is 1. The number of carbonyl (C=O) groups is 3. The molecule has 42 heavy (non-hydrogen) atoms. The Morgan fingerprint density at radius 3 is 2.71 bits per heavy atom. The Morgan fingerprint density at radius 1 is 1.12 bits per heavy atom. The smallest absolute Gasteiger partial charge is 0.254 e. The Bertz CT molecular complexity index is 1470. The highest BCUT2D eigenvalue weighted by Gasteiger charge is 2.34. The van der Waals surface area contributed by atoms with Crippen LogP contribution in [0, 0.1) is 13.8 Å². The second kappa shape index (κ2) is 12.6. The summed E-state index contributed by atoms with van der Waals surface area (Å²) in [7, 11) is 1.57. The molecule has 2 atom stereocenters.